The van der Waals surface area contributed by atoms with Crippen LogP contribution in [0, 0.1) is 0 Å². The number of nitrogens with zero attached hydrogens (tertiary/aromatic N) is 1. The molecular weight excluding hydrogens is 379 g/mol. The molecule has 2 heterocycles. The van der Waals surface area contributed by atoms with Gasteiger partial charge < -0.3 is 10.2 Å². The molecule has 1 N–H and O–H groups in total. The second kappa shape index (κ2) is 6.60. The summed E-state index contributed by atoms with van der Waals surface area (Å²) in [7, 11) is 0. The molecule has 0 saturated carbocycles. The molecule has 0 bridgehead atoms. The van der Waals surface area contributed by atoms with Crippen molar-refractivity contribution in [2.24, 2.45) is 0 Å². The van der Waals surface area contributed by atoms with Crippen molar-refractivity contribution < 1.29 is 26.7 Å². The number of allylic oxidation sites excluding steroid dienone is 2. The number of amides is 1. The second-order valence-corrected chi connectivity index (χ2v) is 7.50. The number of carbonyl (C=O) groups excluding carboxylic acids is 1. The highest BCUT2D eigenvalue weighted by atomic mass is 19.4. The second-order valence-electron chi connectivity index (χ2n) is 7.50. The zero-order valence-electron chi connectivity index (χ0n) is 15.1. The van der Waals surface area contributed by atoms with Crippen molar-refractivity contribution in [2.75, 3.05) is 0 Å². The molecule has 4 unspecified atom stereocenters. The van der Waals surface area contributed by atoms with Crippen molar-refractivity contribution >= 4 is 5.91 Å². The predicted molar refractivity (Wildman–Crippen MR) is 92.4 cm³/mol. The van der Waals surface area contributed by atoms with Crippen LogP contribution in [0.2, 0.25) is 0 Å². The van der Waals surface area contributed by atoms with Gasteiger partial charge in [-0.3, -0.25) is 4.79 Å². The Morgan fingerprint density at radius 1 is 1.18 bits per heavy atom. The van der Waals surface area contributed by atoms with E-state index in [1.54, 1.807) is 4.90 Å². The van der Waals surface area contributed by atoms with E-state index in [1.165, 1.54) is 18.2 Å². The van der Waals surface area contributed by atoms with Gasteiger partial charge in [0, 0.05) is 35.7 Å². The predicted octanol–water partition coefficient (Wildman–Crippen LogP) is 4.58. The van der Waals surface area contributed by atoms with Crippen LogP contribution in [0.5, 0.6) is 0 Å². The first-order valence-corrected chi connectivity index (χ1v) is 9.16. The topological polar surface area (TPSA) is 32.3 Å². The van der Waals surface area contributed by atoms with Crippen LogP contribution >= 0.6 is 0 Å². The minimum atomic E-state index is -4.41. The largest absolute Gasteiger partial charge is 0.416 e. The lowest BCUT2D eigenvalue weighted by atomic mass is 9.78. The highest BCUT2D eigenvalue weighted by molar-refractivity contribution is 5.91. The van der Waals surface area contributed by atoms with E-state index in [-0.39, 0.29) is 37.1 Å². The van der Waals surface area contributed by atoms with Crippen LogP contribution < -0.4 is 5.32 Å². The number of hydrogen-bond donors (Lipinski definition) is 1. The van der Waals surface area contributed by atoms with E-state index in [0.717, 1.165) is 12.1 Å². The van der Waals surface area contributed by atoms with Crippen LogP contribution in [0.3, 0.4) is 0 Å². The Balaban J connectivity index is 1.59. The Hall–Kier alpha value is -2.38. The lowest BCUT2D eigenvalue weighted by Crippen LogP contribution is -2.70. The van der Waals surface area contributed by atoms with Crippen LogP contribution in [0.25, 0.3) is 0 Å². The van der Waals surface area contributed by atoms with Crippen molar-refractivity contribution in [3.05, 3.63) is 58.6 Å². The number of halogens is 5. The third kappa shape index (κ3) is 3.08. The van der Waals surface area contributed by atoms with E-state index in [9.17, 15) is 26.7 Å². The molecule has 0 aromatic heterocycles. The molecule has 8 heteroatoms. The van der Waals surface area contributed by atoms with Crippen LogP contribution in [0.15, 0.2) is 47.4 Å². The number of fused-ring (bicyclic) bond motifs is 1. The number of alkyl halides is 4. The van der Waals surface area contributed by atoms with E-state index < -0.39 is 29.9 Å². The van der Waals surface area contributed by atoms with Gasteiger partial charge >= 0.3 is 6.18 Å². The quantitative estimate of drug-likeness (QED) is 0.740. The summed E-state index contributed by atoms with van der Waals surface area (Å²) in [6.07, 6.45) is -4.68. The number of carbonyl (C=O) groups is 1. The smallest absolute Gasteiger partial charge is 0.364 e. The summed E-state index contributed by atoms with van der Waals surface area (Å²) < 4.78 is 66.0. The molecule has 0 spiro atoms. The number of benzene rings is 1. The fourth-order valence-corrected chi connectivity index (χ4v) is 4.32. The van der Waals surface area contributed by atoms with E-state index in [2.05, 4.69) is 5.32 Å². The summed E-state index contributed by atoms with van der Waals surface area (Å²) in [4.78, 5) is 14.1. The van der Waals surface area contributed by atoms with E-state index in [0.29, 0.717) is 16.8 Å². The van der Waals surface area contributed by atoms with Gasteiger partial charge in [0.15, 0.2) is 0 Å². The number of rotatable bonds is 2. The van der Waals surface area contributed by atoms with Crippen molar-refractivity contribution in [1.29, 1.82) is 0 Å². The first-order chi connectivity index (χ1) is 13.2. The molecule has 3 nitrogen and oxygen atoms in total. The summed E-state index contributed by atoms with van der Waals surface area (Å²) in [5, 5.41) is 3.15. The molecule has 3 aliphatic rings. The van der Waals surface area contributed by atoms with Gasteiger partial charge in [-0.1, -0.05) is 12.1 Å². The Labute approximate surface area is 158 Å². The van der Waals surface area contributed by atoms with Gasteiger partial charge in [0.25, 0.3) is 5.91 Å². The third-order valence-electron chi connectivity index (χ3n) is 5.81. The standard InChI is InChI=1S/C20H19F5N2O/c1-10-18(11-2-4-12(5-3-11)20(23,24)25)19-26-16(9-17(28)27(10)19)14-7-6-13(21)8-15(14)22/h2-5,9-10,13,18-19,26H,6-8H2,1H3. The summed E-state index contributed by atoms with van der Waals surface area (Å²) in [5.74, 6) is -1.06. The van der Waals surface area contributed by atoms with Crippen LogP contribution in [0.4, 0.5) is 22.0 Å². The van der Waals surface area contributed by atoms with Crippen molar-refractivity contribution in [2.45, 2.75) is 56.7 Å². The lowest BCUT2D eigenvalue weighted by Gasteiger charge is -2.56. The number of hydrogen-bond acceptors (Lipinski definition) is 2. The average Bonchev–Trinajstić information content (AvgIpc) is 2.60. The molecule has 0 radical (unpaired) electrons. The van der Waals surface area contributed by atoms with Gasteiger partial charge in [-0.2, -0.15) is 13.2 Å². The van der Waals surface area contributed by atoms with E-state index >= 15 is 0 Å². The molecule has 1 amide bonds. The van der Waals surface area contributed by atoms with Crippen molar-refractivity contribution in [1.82, 2.24) is 10.2 Å². The van der Waals surface area contributed by atoms with E-state index in [4.69, 9.17) is 0 Å². The van der Waals surface area contributed by atoms with Gasteiger partial charge in [-0.25, -0.2) is 8.78 Å². The average molecular weight is 398 g/mol. The Morgan fingerprint density at radius 2 is 1.86 bits per heavy atom. The number of nitrogens with one attached hydrogen (secondary N) is 1. The van der Waals surface area contributed by atoms with Crippen molar-refractivity contribution in [3.8, 4) is 0 Å². The normalized spacial score (nSPS) is 30.4. The van der Waals surface area contributed by atoms with Crippen molar-refractivity contribution in [3.63, 3.8) is 0 Å². The molecule has 4 rings (SSSR count). The minimum Gasteiger partial charge on any atom is -0.364 e. The molecule has 1 fully saturated rings. The highest BCUT2D eigenvalue weighted by Gasteiger charge is 2.51. The third-order valence-corrected chi connectivity index (χ3v) is 5.81. The summed E-state index contributed by atoms with van der Waals surface area (Å²) in [6.45, 7) is 1.82. The molecule has 1 aliphatic carbocycles. The Morgan fingerprint density at radius 3 is 2.46 bits per heavy atom. The van der Waals surface area contributed by atoms with Gasteiger partial charge in [-0.15, -0.1) is 0 Å². The summed E-state index contributed by atoms with van der Waals surface area (Å²) >= 11 is 0. The Bertz CT molecular complexity index is 858. The molecule has 1 aromatic carbocycles. The monoisotopic (exact) mass is 398 g/mol. The molecule has 1 saturated heterocycles. The zero-order chi connectivity index (χ0) is 20.2. The fourth-order valence-electron chi connectivity index (χ4n) is 4.32. The van der Waals surface area contributed by atoms with Gasteiger partial charge in [-0.05, 0) is 37.5 Å². The molecule has 2 aliphatic heterocycles. The van der Waals surface area contributed by atoms with E-state index in [1.807, 2.05) is 6.92 Å². The lowest BCUT2D eigenvalue weighted by molar-refractivity contribution is -0.144. The van der Waals surface area contributed by atoms with Gasteiger partial charge in [0.05, 0.1) is 5.56 Å². The Kier molecular flexibility index (Phi) is 4.47. The first-order valence-electron chi connectivity index (χ1n) is 9.16. The minimum absolute atomic E-state index is 0.198. The molecule has 1 aromatic rings. The van der Waals surface area contributed by atoms with Crippen LogP contribution in [-0.2, 0) is 11.0 Å². The highest BCUT2D eigenvalue weighted by Crippen LogP contribution is 2.44. The summed E-state index contributed by atoms with van der Waals surface area (Å²) in [5.41, 5.74) is 0.598. The van der Waals surface area contributed by atoms with Crippen LogP contribution in [0.1, 0.15) is 43.2 Å². The van der Waals surface area contributed by atoms with Crippen LogP contribution in [-0.4, -0.2) is 29.2 Å². The maximum atomic E-state index is 14.2. The molecule has 150 valence electrons. The maximum Gasteiger partial charge on any atom is 0.416 e. The van der Waals surface area contributed by atoms with Gasteiger partial charge in [0.2, 0.25) is 0 Å². The summed E-state index contributed by atoms with van der Waals surface area (Å²) in [6, 6.07) is 4.67. The maximum absolute atomic E-state index is 14.2. The fraction of sp³-hybridized carbons (Fsp3) is 0.450. The SMILES string of the molecule is CC1C(c2ccc(C(F)(F)F)cc2)C2NC(C3=C(F)CC(F)CC3)=CC(=O)N12. The zero-order valence-corrected chi connectivity index (χ0v) is 15.1. The molecule has 28 heavy (non-hydrogen) atoms. The molecular formula is C20H19F5N2O. The van der Waals surface area contributed by atoms with Gasteiger partial charge in [0.1, 0.15) is 18.2 Å². The molecule has 4 atom stereocenters. The first kappa shape index (κ1) is 19.0.